The van der Waals surface area contributed by atoms with Gasteiger partial charge in [0.2, 0.25) is 5.88 Å². The Labute approximate surface area is 92.6 Å². The van der Waals surface area contributed by atoms with Crippen LogP contribution in [0.3, 0.4) is 0 Å². The van der Waals surface area contributed by atoms with E-state index in [2.05, 4.69) is 25.7 Å². The maximum Gasteiger partial charge on any atom is 0.574 e. The lowest BCUT2D eigenvalue weighted by Gasteiger charge is -2.12. The van der Waals surface area contributed by atoms with Crippen LogP contribution < -0.4 is 10.5 Å². The molecule has 0 aromatic carbocycles. The monoisotopic (exact) mass is 284 g/mol. The van der Waals surface area contributed by atoms with Crippen molar-refractivity contribution in [3.05, 3.63) is 17.2 Å². The van der Waals surface area contributed by atoms with Gasteiger partial charge in [-0.2, -0.15) is 4.98 Å². The number of hydrogen-bond donors (Lipinski definition) is 1. The van der Waals surface area contributed by atoms with Crippen LogP contribution in [0.5, 0.6) is 5.88 Å². The summed E-state index contributed by atoms with van der Waals surface area (Å²) < 4.78 is 39.7. The van der Waals surface area contributed by atoms with Crippen LogP contribution in [-0.2, 0) is 5.33 Å². The highest BCUT2D eigenvalue weighted by molar-refractivity contribution is 9.08. The summed E-state index contributed by atoms with van der Waals surface area (Å²) in [6.45, 7) is 1.49. The average molecular weight is 285 g/mol. The van der Waals surface area contributed by atoms with Gasteiger partial charge < -0.3 is 10.5 Å². The summed E-state index contributed by atoms with van der Waals surface area (Å²) in [5.41, 5.74) is 6.27. The van der Waals surface area contributed by atoms with E-state index in [-0.39, 0.29) is 5.82 Å². The fourth-order valence-electron chi connectivity index (χ4n) is 1.01. The quantitative estimate of drug-likeness (QED) is 0.850. The number of ether oxygens (including phenoxy) is 1. The number of anilines is 1. The molecular weight excluding hydrogens is 277 g/mol. The number of nitrogen functional groups attached to an aromatic ring is 1. The predicted molar refractivity (Wildman–Crippen MR) is 52.7 cm³/mol. The van der Waals surface area contributed by atoms with E-state index in [1.807, 2.05) is 0 Å². The maximum atomic E-state index is 12.0. The van der Waals surface area contributed by atoms with Crippen molar-refractivity contribution in [2.45, 2.75) is 18.6 Å². The first-order chi connectivity index (χ1) is 6.83. The van der Waals surface area contributed by atoms with E-state index in [1.54, 1.807) is 0 Å². The molecule has 1 heterocycles. The first kappa shape index (κ1) is 12.1. The van der Waals surface area contributed by atoms with E-state index < -0.39 is 12.2 Å². The van der Waals surface area contributed by atoms with Crippen LogP contribution in [0, 0.1) is 6.92 Å². The third kappa shape index (κ3) is 3.26. The van der Waals surface area contributed by atoms with Crippen LogP contribution in [0.25, 0.3) is 0 Å². The minimum absolute atomic E-state index is 0.00528. The molecule has 0 amide bonds. The lowest BCUT2D eigenvalue weighted by atomic mass is 10.2. The summed E-state index contributed by atoms with van der Waals surface area (Å²) in [4.78, 5) is 3.48. The number of hydrogen-bond acceptors (Lipinski definition) is 3. The Morgan fingerprint density at radius 1 is 1.53 bits per heavy atom. The summed E-state index contributed by atoms with van der Waals surface area (Å²) >= 11 is 3.14. The van der Waals surface area contributed by atoms with Crippen LogP contribution in [0.15, 0.2) is 6.07 Å². The number of pyridine rings is 1. The molecule has 84 valence electrons. The second-order valence-corrected chi connectivity index (χ2v) is 3.38. The molecule has 2 N–H and O–H groups in total. The van der Waals surface area contributed by atoms with Crippen LogP contribution >= 0.6 is 15.9 Å². The Hall–Kier alpha value is -0.980. The van der Waals surface area contributed by atoms with Gasteiger partial charge in [-0.15, -0.1) is 13.2 Å². The third-order valence-electron chi connectivity index (χ3n) is 1.71. The van der Waals surface area contributed by atoms with Crippen molar-refractivity contribution >= 4 is 21.7 Å². The van der Waals surface area contributed by atoms with Gasteiger partial charge in [-0.25, -0.2) is 0 Å². The molecule has 0 spiro atoms. The van der Waals surface area contributed by atoms with E-state index >= 15 is 0 Å². The number of alkyl halides is 4. The largest absolute Gasteiger partial charge is 0.574 e. The maximum absolute atomic E-state index is 12.0. The molecule has 0 unspecified atom stereocenters. The Balaban J connectivity index is 3.12. The lowest BCUT2D eigenvalue weighted by Crippen LogP contribution is -2.19. The van der Waals surface area contributed by atoms with Crippen molar-refractivity contribution < 1.29 is 17.9 Å². The standard InChI is InChI=1S/C8H8BrF3N2O/c1-4-5(3-9)2-6(13)14-7(4)15-8(10,11)12/h2H,3H2,1H3,(H2,13,14). The van der Waals surface area contributed by atoms with Crippen molar-refractivity contribution in [2.24, 2.45) is 0 Å². The summed E-state index contributed by atoms with van der Waals surface area (Å²) in [6.07, 6.45) is -4.75. The van der Waals surface area contributed by atoms with Gasteiger partial charge >= 0.3 is 6.36 Å². The molecule has 0 radical (unpaired) electrons. The molecule has 7 heteroatoms. The topological polar surface area (TPSA) is 48.1 Å². The molecule has 3 nitrogen and oxygen atoms in total. The van der Waals surface area contributed by atoms with Gasteiger partial charge in [0, 0.05) is 10.9 Å². The highest BCUT2D eigenvalue weighted by Crippen LogP contribution is 2.28. The first-order valence-corrected chi connectivity index (χ1v) is 5.03. The van der Waals surface area contributed by atoms with Crippen molar-refractivity contribution in [1.29, 1.82) is 0 Å². The number of rotatable bonds is 2. The normalized spacial score (nSPS) is 11.5. The Bertz CT molecular complexity index is 368. The SMILES string of the molecule is Cc1c(CBr)cc(N)nc1OC(F)(F)F. The van der Waals surface area contributed by atoms with E-state index in [9.17, 15) is 13.2 Å². The number of aromatic nitrogens is 1. The number of nitrogens with zero attached hydrogens (tertiary/aromatic N) is 1. The van der Waals surface area contributed by atoms with Crippen molar-refractivity contribution in [2.75, 3.05) is 5.73 Å². The Morgan fingerprint density at radius 2 is 2.13 bits per heavy atom. The van der Waals surface area contributed by atoms with Crippen LogP contribution in [-0.4, -0.2) is 11.3 Å². The van der Waals surface area contributed by atoms with Gasteiger partial charge in [-0.05, 0) is 18.6 Å². The van der Waals surface area contributed by atoms with Gasteiger partial charge in [0.05, 0.1) is 0 Å². The van der Waals surface area contributed by atoms with Crippen LogP contribution in [0.2, 0.25) is 0 Å². The molecular formula is C8H8BrF3N2O. The molecule has 0 saturated heterocycles. The Morgan fingerprint density at radius 3 is 2.60 bits per heavy atom. The lowest BCUT2D eigenvalue weighted by molar-refractivity contribution is -0.276. The van der Waals surface area contributed by atoms with Crippen molar-refractivity contribution in [3.63, 3.8) is 0 Å². The van der Waals surface area contributed by atoms with E-state index in [0.717, 1.165) is 0 Å². The van der Waals surface area contributed by atoms with Crippen molar-refractivity contribution in [1.82, 2.24) is 4.98 Å². The number of halogens is 4. The van der Waals surface area contributed by atoms with Gasteiger partial charge in [-0.1, -0.05) is 15.9 Å². The fraction of sp³-hybridized carbons (Fsp3) is 0.375. The zero-order valence-corrected chi connectivity index (χ0v) is 9.32. The smallest absolute Gasteiger partial charge is 0.388 e. The molecule has 0 saturated carbocycles. The first-order valence-electron chi connectivity index (χ1n) is 3.91. The molecule has 0 aliphatic heterocycles. The van der Waals surface area contributed by atoms with E-state index in [4.69, 9.17) is 5.73 Å². The van der Waals surface area contributed by atoms with Crippen LogP contribution in [0.4, 0.5) is 19.0 Å². The van der Waals surface area contributed by atoms with Gasteiger partial charge in [0.15, 0.2) is 0 Å². The molecule has 0 aliphatic rings. The zero-order chi connectivity index (χ0) is 11.6. The predicted octanol–water partition coefficient (Wildman–Crippen LogP) is 2.77. The fourth-order valence-corrected chi connectivity index (χ4v) is 1.59. The third-order valence-corrected chi connectivity index (χ3v) is 2.32. The molecule has 0 atom stereocenters. The van der Waals surface area contributed by atoms with E-state index in [1.165, 1.54) is 13.0 Å². The highest BCUT2D eigenvalue weighted by atomic mass is 79.9. The summed E-state index contributed by atoms with van der Waals surface area (Å²) in [5.74, 6) is -0.508. The second-order valence-electron chi connectivity index (χ2n) is 2.82. The summed E-state index contributed by atoms with van der Waals surface area (Å²) in [6, 6.07) is 1.49. The van der Waals surface area contributed by atoms with Crippen LogP contribution in [0.1, 0.15) is 11.1 Å². The zero-order valence-electron chi connectivity index (χ0n) is 7.73. The molecule has 0 aliphatic carbocycles. The average Bonchev–Trinajstić information content (AvgIpc) is 2.08. The van der Waals surface area contributed by atoms with Gasteiger partial charge in [0.1, 0.15) is 5.82 Å². The Kier molecular flexibility index (Phi) is 3.43. The van der Waals surface area contributed by atoms with Crippen molar-refractivity contribution in [3.8, 4) is 5.88 Å². The second kappa shape index (κ2) is 4.26. The molecule has 0 fully saturated rings. The molecule has 15 heavy (non-hydrogen) atoms. The molecule has 0 bridgehead atoms. The number of nitrogens with two attached hydrogens (primary N) is 1. The van der Waals surface area contributed by atoms with E-state index in [0.29, 0.717) is 16.5 Å². The summed E-state index contributed by atoms with van der Waals surface area (Å²) in [7, 11) is 0. The minimum atomic E-state index is -4.75. The minimum Gasteiger partial charge on any atom is -0.388 e. The summed E-state index contributed by atoms with van der Waals surface area (Å²) in [5, 5.41) is 0.389. The molecule has 1 aromatic heterocycles. The highest BCUT2D eigenvalue weighted by Gasteiger charge is 2.32. The van der Waals surface area contributed by atoms with Gasteiger partial charge in [0.25, 0.3) is 0 Å². The molecule has 1 aromatic rings. The van der Waals surface area contributed by atoms with Gasteiger partial charge in [-0.3, -0.25) is 0 Å². The molecule has 1 rings (SSSR count).